The van der Waals surface area contributed by atoms with Crippen LogP contribution in [0.25, 0.3) is 0 Å². The second-order valence-corrected chi connectivity index (χ2v) is 9.39. The Hall–Kier alpha value is -2.49. The summed E-state index contributed by atoms with van der Waals surface area (Å²) in [6.45, 7) is 0.807. The highest BCUT2D eigenvalue weighted by Crippen LogP contribution is 2.28. The first kappa shape index (κ1) is 20.2. The molecule has 1 N–H and O–H groups in total. The molecule has 1 saturated carbocycles. The summed E-state index contributed by atoms with van der Waals surface area (Å²) in [5, 5.41) is 21.1. The summed E-state index contributed by atoms with van der Waals surface area (Å²) in [5.41, 5.74) is 0.324. The minimum Gasteiger partial charge on any atom is -0.326 e. The number of nitriles is 2. The third-order valence-electron chi connectivity index (χ3n) is 5.44. The molecule has 2 unspecified atom stereocenters. The van der Waals surface area contributed by atoms with Crippen molar-refractivity contribution in [3.63, 3.8) is 0 Å². The molecule has 9 heteroatoms. The van der Waals surface area contributed by atoms with Crippen LogP contribution < -0.4 is 5.32 Å². The van der Waals surface area contributed by atoms with Gasteiger partial charge in [0.25, 0.3) is 0 Å². The summed E-state index contributed by atoms with van der Waals surface area (Å²) in [7, 11) is -3.51. The van der Waals surface area contributed by atoms with Gasteiger partial charge in [0.05, 0.1) is 23.9 Å². The van der Waals surface area contributed by atoms with Crippen molar-refractivity contribution < 1.29 is 13.2 Å². The van der Waals surface area contributed by atoms with Gasteiger partial charge < -0.3 is 10.2 Å². The molecule has 148 valence electrons. The number of amides is 1. The van der Waals surface area contributed by atoms with Gasteiger partial charge in [0.2, 0.25) is 5.91 Å². The number of pyridine rings is 1. The van der Waals surface area contributed by atoms with E-state index in [1.54, 1.807) is 4.90 Å². The topological polar surface area (TPSA) is 127 Å². The highest BCUT2D eigenvalue weighted by molar-refractivity contribution is 7.91. The van der Waals surface area contributed by atoms with Crippen LogP contribution in [0.1, 0.15) is 37.7 Å². The molecule has 2 aliphatic rings. The van der Waals surface area contributed by atoms with Gasteiger partial charge in [-0.05, 0) is 50.2 Å². The van der Waals surface area contributed by atoms with Gasteiger partial charge in [0.1, 0.15) is 12.1 Å². The van der Waals surface area contributed by atoms with Crippen LogP contribution in [0.5, 0.6) is 0 Å². The lowest BCUT2D eigenvalue weighted by Gasteiger charge is -2.21. The largest absolute Gasteiger partial charge is 0.326 e. The van der Waals surface area contributed by atoms with Crippen molar-refractivity contribution in [2.45, 2.75) is 49.2 Å². The van der Waals surface area contributed by atoms with E-state index in [0.717, 1.165) is 25.7 Å². The number of nitrogens with zero attached hydrogens (tertiary/aromatic N) is 4. The third-order valence-corrected chi connectivity index (χ3v) is 7.23. The molecule has 1 aromatic rings. The number of aromatic nitrogens is 1. The summed E-state index contributed by atoms with van der Waals surface area (Å²) < 4.78 is 25.1. The van der Waals surface area contributed by atoms with Crippen molar-refractivity contribution in [2.24, 2.45) is 5.92 Å². The third kappa shape index (κ3) is 4.67. The van der Waals surface area contributed by atoms with Crippen molar-refractivity contribution in [1.82, 2.24) is 15.2 Å². The fraction of sp³-hybridized carbons (Fsp3) is 0.579. The fourth-order valence-electron chi connectivity index (χ4n) is 3.97. The second kappa shape index (κ2) is 8.68. The second-order valence-electron chi connectivity index (χ2n) is 7.41. The summed E-state index contributed by atoms with van der Waals surface area (Å²) in [4.78, 5) is 17.8. The molecule has 8 nitrogen and oxygen atoms in total. The Labute approximate surface area is 165 Å². The number of rotatable bonds is 6. The molecule has 3 rings (SSSR count). The van der Waals surface area contributed by atoms with Crippen LogP contribution in [0.15, 0.2) is 23.4 Å². The molecule has 0 aromatic carbocycles. The van der Waals surface area contributed by atoms with Gasteiger partial charge in [0.15, 0.2) is 14.9 Å². The number of likely N-dealkylation sites (tertiary alicyclic amines) is 1. The molecular weight excluding hydrogens is 378 g/mol. The van der Waals surface area contributed by atoms with Gasteiger partial charge in [-0.2, -0.15) is 10.5 Å². The van der Waals surface area contributed by atoms with Crippen LogP contribution in [0.2, 0.25) is 0 Å². The maximum absolute atomic E-state index is 12.5. The predicted molar refractivity (Wildman–Crippen MR) is 100 cm³/mol. The summed E-state index contributed by atoms with van der Waals surface area (Å²) >= 11 is 0. The SMILES string of the molecule is N#Cc1ccc(S(=O)(=O)CC2CCC(NCC(=O)N3CCC[C@H]3C#N)C2)nc1. The zero-order valence-electron chi connectivity index (χ0n) is 15.5. The molecule has 28 heavy (non-hydrogen) atoms. The molecule has 0 bridgehead atoms. The van der Waals surface area contributed by atoms with E-state index < -0.39 is 9.84 Å². The molecule has 1 amide bonds. The van der Waals surface area contributed by atoms with E-state index in [9.17, 15) is 13.2 Å². The Morgan fingerprint density at radius 2 is 2.11 bits per heavy atom. The normalized spacial score (nSPS) is 24.6. The minimum atomic E-state index is -3.51. The number of carbonyl (C=O) groups is 1. The fourth-order valence-corrected chi connectivity index (χ4v) is 5.55. The Morgan fingerprint density at radius 1 is 1.29 bits per heavy atom. The average molecular weight is 401 g/mol. The lowest BCUT2D eigenvalue weighted by Crippen LogP contribution is -2.43. The van der Waals surface area contributed by atoms with Crippen molar-refractivity contribution in [3.05, 3.63) is 23.9 Å². The zero-order chi connectivity index (χ0) is 20.1. The molecular formula is C19H23N5O3S. The van der Waals surface area contributed by atoms with Crippen molar-refractivity contribution in [2.75, 3.05) is 18.8 Å². The van der Waals surface area contributed by atoms with Crippen LogP contribution in [0.3, 0.4) is 0 Å². The molecule has 1 aliphatic heterocycles. The van der Waals surface area contributed by atoms with Crippen LogP contribution in [0.4, 0.5) is 0 Å². The highest BCUT2D eigenvalue weighted by Gasteiger charge is 2.32. The van der Waals surface area contributed by atoms with Gasteiger partial charge in [0, 0.05) is 18.8 Å². The molecule has 1 saturated heterocycles. The number of sulfone groups is 1. The maximum Gasteiger partial charge on any atom is 0.237 e. The molecule has 0 spiro atoms. The zero-order valence-corrected chi connectivity index (χ0v) is 16.4. The maximum atomic E-state index is 12.5. The molecule has 2 fully saturated rings. The quantitative estimate of drug-likeness (QED) is 0.753. The first-order valence-corrected chi connectivity index (χ1v) is 11.1. The van der Waals surface area contributed by atoms with Crippen molar-refractivity contribution in [1.29, 1.82) is 10.5 Å². The van der Waals surface area contributed by atoms with Crippen LogP contribution in [-0.2, 0) is 14.6 Å². The van der Waals surface area contributed by atoms with E-state index in [2.05, 4.69) is 16.4 Å². The summed E-state index contributed by atoms with van der Waals surface area (Å²) in [6.07, 6.45) is 5.13. The van der Waals surface area contributed by atoms with E-state index in [1.165, 1.54) is 18.3 Å². The average Bonchev–Trinajstić information content (AvgIpc) is 3.35. The van der Waals surface area contributed by atoms with Gasteiger partial charge in [-0.15, -0.1) is 0 Å². The van der Waals surface area contributed by atoms with E-state index in [-0.39, 0.29) is 41.2 Å². The van der Waals surface area contributed by atoms with Crippen molar-refractivity contribution >= 4 is 15.7 Å². The highest BCUT2D eigenvalue weighted by atomic mass is 32.2. The lowest BCUT2D eigenvalue weighted by molar-refractivity contribution is -0.130. The molecule has 0 radical (unpaired) electrons. The summed E-state index contributed by atoms with van der Waals surface area (Å²) in [6, 6.07) is 6.69. The van der Waals surface area contributed by atoms with Gasteiger partial charge >= 0.3 is 0 Å². The summed E-state index contributed by atoms with van der Waals surface area (Å²) in [5.74, 6) is -0.0451. The van der Waals surface area contributed by atoms with E-state index in [0.29, 0.717) is 18.5 Å². The monoisotopic (exact) mass is 401 g/mol. The Balaban J connectivity index is 1.49. The standard InChI is InChI=1S/C19H23N5O3S/c20-9-15-4-6-18(23-11-15)28(26,27)13-14-3-5-16(8-14)22-12-19(25)24-7-1-2-17(24)10-21/h4,6,11,14,16-17,22H,1-3,5,7-8,12-13H2/t14?,16?,17-/m0/s1. The van der Waals surface area contributed by atoms with E-state index in [4.69, 9.17) is 10.5 Å². The molecule has 2 heterocycles. The van der Waals surface area contributed by atoms with Crippen LogP contribution in [-0.4, -0.2) is 55.1 Å². The van der Waals surface area contributed by atoms with Gasteiger partial charge in [-0.1, -0.05) is 0 Å². The number of hydrogen-bond donors (Lipinski definition) is 1. The number of nitrogens with one attached hydrogen (secondary N) is 1. The molecule has 1 aliphatic carbocycles. The van der Waals surface area contributed by atoms with Crippen LogP contribution >= 0.6 is 0 Å². The van der Waals surface area contributed by atoms with E-state index in [1.807, 2.05) is 6.07 Å². The van der Waals surface area contributed by atoms with E-state index >= 15 is 0 Å². The van der Waals surface area contributed by atoms with Crippen LogP contribution in [0, 0.1) is 28.6 Å². The molecule has 3 atom stereocenters. The van der Waals surface area contributed by atoms with Gasteiger partial charge in [-0.3, -0.25) is 4.79 Å². The predicted octanol–water partition coefficient (Wildman–Crippen LogP) is 1.000. The Kier molecular flexibility index (Phi) is 6.28. The first-order valence-electron chi connectivity index (χ1n) is 9.44. The lowest BCUT2D eigenvalue weighted by atomic mass is 10.1. The first-order chi connectivity index (χ1) is 13.4. The Morgan fingerprint density at radius 3 is 2.79 bits per heavy atom. The van der Waals surface area contributed by atoms with Crippen molar-refractivity contribution in [3.8, 4) is 12.1 Å². The van der Waals surface area contributed by atoms with Gasteiger partial charge in [-0.25, -0.2) is 13.4 Å². The molecule has 1 aromatic heterocycles. The Bertz CT molecular complexity index is 901. The smallest absolute Gasteiger partial charge is 0.237 e. The number of hydrogen-bond acceptors (Lipinski definition) is 7. The minimum absolute atomic E-state index is 0.00494. The number of carbonyl (C=O) groups excluding carboxylic acids is 1.